The molecular formula is C15H23NO3. The highest BCUT2D eigenvalue weighted by atomic mass is 16.5. The summed E-state index contributed by atoms with van der Waals surface area (Å²) in [6, 6.07) is 7.82. The van der Waals surface area contributed by atoms with E-state index in [4.69, 9.17) is 4.74 Å². The van der Waals surface area contributed by atoms with Crippen LogP contribution in [0.3, 0.4) is 0 Å². The summed E-state index contributed by atoms with van der Waals surface area (Å²) in [5, 5.41) is 12.2. The maximum atomic E-state index is 11.2. The lowest BCUT2D eigenvalue weighted by Gasteiger charge is -2.25. The monoisotopic (exact) mass is 265 g/mol. The molecule has 0 saturated heterocycles. The summed E-state index contributed by atoms with van der Waals surface area (Å²) in [5.74, 6) is 0.0493. The molecule has 1 aromatic carbocycles. The van der Waals surface area contributed by atoms with Crippen molar-refractivity contribution in [1.82, 2.24) is 5.32 Å². The van der Waals surface area contributed by atoms with Crippen molar-refractivity contribution < 1.29 is 14.6 Å². The molecule has 0 amide bonds. The van der Waals surface area contributed by atoms with Gasteiger partial charge in [0.25, 0.3) is 0 Å². The molecule has 4 nitrogen and oxygen atoms in total. The second-order valence-electron chi connectivity index (χ2n) is 4.89. The summed E-state index contributed by atoms with van der Waals surface area (Å²) in [4.78, 5) is 11.2. The van der Waals surface area contributed by atoms with E-state index in [1.165, 1.54) is 0 Å². The standard InChI is InChI=1S/C15H23NO3/c1-4-16-15(3,14(17)18)10-7-11-19-13-9-6-5-8-12(13)2/h5-6,8-9,16H,4,7,10-11H2,1-3H3,(H,17,18). The number of carboxylic acid groups (broad SMARTS) is 1. The molecule has 0 spiro atoms. The molecule has 0 fully saturated rings. The van der Waals surface area contributed by atoms with E-state index >= 15 is 0 Å². The van der Waals surface area contributed by atoms with Crippen LogP contribution >= 0.6 is 0 Å². The Morgan fingerprint density at radius 2 is 2.11 bits per heavy atom. The van der Waals surface area contributed by atoms with Crippen molar-refractivity contribution in [1.29, 1.82) is 0 Å². The van der Waals surface area contributed by atoms with Gasteiger partial charge in [-0.3, -0.25) is 4.79 Å². The van der Waals surface area contributed by atoms with Crippen LogP contribution in [0, 0.1) is 6.92 Å². The molecule has 1 aromatic rings. The van der Waals surface area contributed by atoms with E-state index in [1.54, 1.807) is 6.92 Å². The van der Waals surface area contributed by atoms with Crippen LogP contribution in [0.5, 0.6) is 5.75 Å². The van der Waals surface area contributed by atoms with Gasteiger partial charge < -0.3 is 15.2 Å². The maximum Gasteiger partial charge on any atom is 0.323 e. The van der Waals surface area contributed by atoms with Crippen molar-refractivity contribution in [2.24, 2.45) is 0 Å². The first kappa shape index (κ1) is 15.5. The van der Waals surface area contributed by atoms with E-state index in [1.807, 2.05) is 38.1 Å². The van der Waals surface area contributed by atoms with E-state index in [9.17, 15) is 9.90 Å². The lowest BCUT2D eigenvalue weighted by molar-refractivity contribution is -0.144. The van der Waals surface area contributed by atoms with Crippen LogP contribution < -0.4 is 10.1 Å². The maximum absolute atomic E-state index is 11.2. The fourth-order valence-corrected chi connectivity index (χ4v) is 1.99. The third kappa shape index (κ3) is 4.56. The number of aryl methyl sites for hydroxylation is 1. The minimum Gasteiger partial charge on any atom is -0.493 e. The van der Waals surface area contributed by atoms with E-state index in [0.29, 0.717) is 26.0 Å². The Bertz CT molecular complexity index is 420. The molecule has 0 aliphatic carbocycles. The number of ether oxygens (including phenoxy) is 1. The summed E-state index contributed by atoms with van der Waals surface area (Å²) in [6.45, 7) is 6.79. The van der Waals surface area contributed by atoms with Gasteiger partial charge in [-0.2, -0.15) is 0 Å². The van der Waals surface area contributed by atoms with Crippen LogP contribution in [0.25, 0.3) is 0 Å². The van der Waals surface area contributed by atoms with E-state index in [-0.39, 0.29) is 0 Å². The Labute approximate surface area is 114 Å². The molecule has 106 valence electrons. The number of hydrogen-bond donors (Lipinski definition) is 2. The lowest BCUT2D eigenvalue weighted by Crippen LogP contribution is -2.49. The Kier molecular flexibility index (Phi) is 5.83. The number of rotatable bonds is 8. The molecule has 0 saturated carbocycles. The molecule has 0 aliphatic rings. The largest absolute Gasteiger partial charge is 0.493 e. The number of likely N-dealkylation sites (N-methyl/N-ethyl adjacent to an activating group) is 1. The normalized spacial score (nSPS) is 13.8. The van der Waals surface area contributed by atoms with Gasteiger partial charge in [0.1, 0.15) is 11.3 Å². The molecule has 0 heterocycles. The van der Waals surface area contributed by atoms with Crippen LogP contribution in [0.15, 0.2) is 24.3 Å². The summed E-state index contributed by atoms with van der Waals surface area (Å²) in [6.07, 6.45) is 1.24. The molecule has 2 N–H and O–H groups in total. The number of nitrogens with one attached hydrogen (secondary N) is 1. The quantitative estimate of drug-likeness (QED) is 0.709. The van der Waals surface area contributed by atoms with Crippen LogP contribution in [0.1, 0.15) is 32.3 Å². The van der Waals surface area contributed by atoms with Gasteiger partial charge >= 0.3 is 5.97 Å². The molecule has 1 rings (SSSR count). The van der Waals surface area contributed by atoms with Gasteiger partial charge in [-0.15, -0.1) is 0 Å². The highest BCUT2D eigenvalue weighted by Crippen LogP contribution is 2.18. The van der Waals surface area contributed by atoms with Gasteiger partial charge in [-0.05, 0) is 44.9 Å². The molecule has 1 unspecified atom stereocenters. The van der Waals surface area contributed by atoms with Gasteiger partial charge in [-0.1, -0.05) is 25.1 Å². The van der Waals surface area contributed by atoms with Crippen LogP contribution in [0.4, 0.5) is 0 Å². The number of hydrogen-bond acceptors (Lipinski definition) is 3. The Morgan fingerprint density at radius 1 is 1.42 bits per heavy atom. The first-order valence-corrected chi connectivity index (χ1v) is 6.66. The smallest absolute Gasteiger partial charge is 0.323 e. The van der Waals surface area contributed by atoms with Crippen molar-refractivity contribution in [2.75, 3.05) is 13.2 Å². The fraction of sp³-hybridized carbons (Fsp3) is 0.533. The van der Waals surface area contributed by atoms with Crippen molar-refractivity contribution >= 4 is 5.97 Å². The summed E-state index contributed by atoms with van der Waals surface area (Å²) in [5.41, 5.74) is 0.222. The highest BCUT2D eigenvalue weighted by Gasteiger charge is 2.31. The average molecular weight is 265 g/mol. The first-order valence-electron chi connectivity index (χ1n) is 6.66. The summed E-state index contributed by atoms with van der Waals surface area (Å²) < 4.78 is 5.67. The van der Waals surface area contributed by atoms with Gasteiger partial charge in [-0.25, -0.2) is 0 Å². The Morgan fingerprint density at radius 3 is 2.68 bits per heavy atom. The summed E-state index contributed by atoms with van der Waals surface area (Å²) in [7, 11) is 0. The number of aliphatic carboxylic acids is 1. The average Bonchev–Trinajstić information content (AvgIpc) is 2.37. The molecule has 4 heteroatoms. The van der Waals surface area contributed by atoms with E-state index in [0.717, 1.165) is 11.3 Å². The van der Waals surface area contributed by atoms with Gasteiger partial charge in [0.2, 0.25) is 0 Å². The molecule has 19 heavy (non-hydrogen) atoms. The van der Waals surface area contributed by atoms with Crippen molar-refractivity contribution in [3.63, 3.8) is 0 Å². The molecule has 0 radical (unpaired) electrons. The predicted molar refractivity (Wildman–Crippen MR) is 75.6 cm³/mol. The highest BCUT2D eigenvalue weighted by molar-refractivity contribution is 5.78. The SMILES string of the molecule is CCNC(C)(CCCOc1ccccc1C)C(=O)O. The third-order valence-corrected chi connectivity index (χ3v) is 3.21. The Balaban J connectivity index is 2.41. The minimum atomic E-state index is -0.871. The van der Waals surface area contributed by atoms with E-state index < -0.39 is 11.5 Å². The number of carboxylic acids is 1. The van der Waals surface area contributed by atoms with Crippen LogP contribution in [-0.4, -0.2) is 29.8 Å². The number of para-hydroxylation sites is 1. The predicted octanol–water partition coefficient (Wildman–Crippen LogP) is 2.61. The molecule has 0 aliphatic heterocycles. The second kappa shape index (κ2) is 7.14. The first-order chi connectivity index (χ1) is 8.99. The zero-order valence-electron chi connectivity index (χ0n) is 11.9. The fourth-order valence-electron chi connectivity index (χ4n) is 1.99. The van der Waals surface area contributed by atoms with Gasteiger partial charge in [0.05, 0.1) is 6.61 Å². The third-order valence-electron chi connectivity index (χ3n) is 3.21. The zero-order chi connectivity index (χ0) is 14.3. The second-order valence-corrected chi connectivity index (χ2v) is 4.89. The molecule has 0 bridgehead atoms. The molecular weight excluding hydrogens is 242 g/mol. The number of benzene rings is 1. The molecule has 1 atom stereocenters. The summed E-state index contributed by atoms with van der Waals surface area (Å²) >= 11 is 0. The minimum absolute atomic E-state index is 0.527. The van der Waals surface area contributed by atoms with E-state index in [2.05, 4.69) is 5.32 Å². The van der Waals surface area contributed by atoms with Gasteiger partial charge in [0, 0.05) is 0 Å². The molecule has 0 aromatic heterocycles. The van der Waals surface area contributed by atoms with Crippen LogP contribution in [-0.2, 0) is 4.79 Å². The van der Waals surface area contributed by atoms with Crippen molar-refractivity contribution in [3.8, 4) is 5.75 Å². The lowest BCUT2D eigenvalue weighted by atomic mass is 9.96. The van der Waals surface area contributed by atoms with Crippen molar-refractivity contribution in [3.05, 3.63) is 29.8 Å². The van der Waals surface area contributed by atoms with Crippen molar-refractivity contribution in [2.45, 2.75) is 39.2 Å². The van der Waals surface area contributed by atoms with Crippen LogP contribution in [0.2, 0.25) is 0 Å². The number of carbonyl (C=O) groups is 1. The zero-order valence-corrected chi connectivity index (χ0v) is 11.9. The Hall–Kier alpha value is -1.55. The van der Waals surface area contributed by atoms with Gasteiger partial charge in [0.15, 0.2) is 0 Å². The topological polar surface area (TPSA) is 58.6 Å².